The van der Waals surface area contributed by atoms with Crippen molar-refractivity contribution in [3.63, 3.8) is 0 Å². The Hall–Kier alpha value is -3.15. The first-order valence-corrected chi connectivity index (χ1v) is 7.72. The number of hydrogen-bond donors (Lipinski definition) is 3. The van der Waals surface area contributed by atoms with Gasteiger partial charge in [0.2, 0.25) is 5.91 Å². The molecular weight excluding hydrogens is 322 g/mol. The lowest BCUT2D eigenvalue weighted by Crippen LogP contribution is -2.23. The summed E-state index contributed by atoms with van der Waals surface area (Å²) in [5.41, 5.74) is 1.58. The second kappa shape index (κ2) is 8.63. The Morgan fingerprint density at radius 2 is 1.68 bits per heavy atom. The zero-order valence-electron chi connectivity index (χ0n) is 14.2. The normalized spacial score (nSPS) is 10.6. The average molecular weight is 343 g/mol. The van der Waals surface area contributed by atoms with E-state index in [4.69, 9.17) is 9.47 Å². The lowest BCUT2D eigenvalue weighted by molar-refractivity contribution is -0.116. The third-order valence-electron chi connectivity index (χ3n) is 3.59. The predicted octanol–water partition coefficient (Wildman–Crippen LogP) is 2.49. The zero-order valence-corrected chi connectivity index (χ0v) is 14.2. The summed E-state index contributed by atoms with van der Waals surface area (Å²) in [7, 11) is 2.96. The van der Waals surface area contributed by atoms with Gasteiger partial charge in [0, 0.05) is 12.6 Å². The van der Waals surface area contributed by atoms with Crippen molar-refractivity contribution >= 4 is 12.0 Å². The van der Waals surface area contributed by atoms with Gasteiger partial charge >= 0.3 is 0 Å². The van der Waals surface area contributed by atoms with Crippen molar-refractivity contribution in [2.45, 2.75) is 6.42 Å². The topological polar surface area (TPSA) is 88.0 Å². The van der Waals surface area contributed by atoms with Crippen LogP contribution in [-0.4, -0.2) is 36.9 Å². The van der Waals surface area contributed by atoms with Crippen molar-refractivity contribution in [1.82, 2.24) is 5.32 Å². The maximum atomic E-state index is 11.8. The van der Waals surface area contributed by atoms with Gasteiger partial charge in [0.05, 0.1) is 14.2 Å². The average Bonchev–Trinajstić information content (AvgIpc) is 2.60. The molecule has 0 saturated carbocycles. The third kappa shape index (κ3) is 5.17. The summed E-state index contributed by atoms with van der Waals surface area (Å²) in [5, 5.41) is 22.2. The highest BCUT2D eigenvalue weighted by molar-refractivity contribution is 5.91. The molecule has 0 spiro atoms. The number of hydrogen-bond acceptors (Lipinski definition) is 5. The molecule has 6 heteroatoms. The number of benzene rings is 2. The minimum absolute atomic E-state index is 0.0179. The van der Waals surface area contributed by atoms with E-state index in [1.165, 1.54) is 26.4 Å². The summed E-state index contributed by atoms with van der Waals surface area (Å²) in [6, 6.07) is 10.0. The monoisotopic (exact) mass is 343 g/mol. The lowest BCUT2D eigenvalue weighted by Gasteiger charge is -2.07. The van der Waals surface area contributed by atoms with Crippen molar-refractivity contribution in [1.29, 1.82) is 0 Å². The van der Waals surface area contributed by atoms with E-state index in [1.54, 1.807) is 30.3 Å². The first-order chi connectivity index (χ1) is 12.0. The number of nitrogens with one attached hydrogen (secondary N) is 1. The molecule has 0 aliphatic heterocycles. The molecule has 0 aliphatic carbocycles. The molecule has 0 fully saturated rings. The van der Waals surface area contributed by atoms with Crippen molar-refractivity contribution in [2.24, 2.45) is 0 Å². The van der Waals surface area contributed by atoms with E-state index in [1.807, 2.05) is 6.07 Å². The maximum absolute atomic E-state index is 11.8. The number of amides is 1. The van der Waals surface area contributed by atoms with Crippen molar-refractivity contribution < 1.29 is 24.5 Å². The Labute approximate surface area is 146 Å². The highest BCUT2D eigenvalue weighted by Gasteiger charge is 2.04. The lowest BCUT2D eigenvalue weighted by atomic mass is 10.1. The van der Waals surface area contributed by atoms with E-state index in [2.05, 4.69) is 5.32 Å². The van der Waals surface area contributed by atoms with Crippen LogP contribution >= 0.6 is 0 Å². The van der Waals surface area contributed by atoms with Gasteiger partial charge in [-0.1, -0.05) is 12.1 Å². The fourth-order valence-electron chi connectivity index (χ4n) is 2.26. The second-order valence-electron chi connectivity index (χ2n) is 5.31. The molecule has 1 amide bonds. The van der Waals surface area contributed by atoms with Gasteiger partial charge in [-0.15, -0.1) is 0 Å². The van der Waals surface area contributed by atoms with Gasteiger partial charge in [0.25, 0.3) is 0 Å². The molecule has 132 valence electrons. The molecule has 0 bridgehead atoms. The van der Waals surface area contributed by atoms with Crippen LogP contribution in [-0.2, 0) is 11.2 Å². The highest BCUT2D eigenvalue weighted by Crippen LogP contribution is 2.27. The number of rotatable bonds is 7. The van der Waals surface area contributed by atoms with E-state index >= 15 is 0 Å². The van der Waals surface area contributed by atoms with E-state index in [0.717, 1.165) is 5.56 Å². The smallest absolute Gasteiger partial charge is 0.244 e. The van der Waals surface area contributed by atoms with Crippen LogP contribution in [0.1, 0.15) is 11.1 Å². The Bertz CT molecular complexity index is 770. The summed E-state index contributed by atoms with van der Waals surface area (Å²) in [4.78, 5) is 11.8. The molecule has 0 saturated heterocycles. The molecule has 0 heterocycles. The number of phenols is 2. The second-order valence-corrected chi connectivity index (χ2v) is 5.31. The minimum Gasteiger partial charge on any atom is -0.504 e. The maximum Gasteiger partial charge on any atom is 0.244 e. The van der Waals surface area contributed by atoms with Crippen LogP contribution in [0.4, 0.5) is 0 Å². The van der Waals surface area contributed by atoms with Crippen LogP contribution < -0.4 is 14.8 Å². The van der Waals surface area contributed by atoms with Gasteiger partial charge < -0.3 is 25.0 Å². The van der Waals surface area contributed by atoms with Crippen LogP contribution in [0.25, 0.3) is 6.08 Å². The zero-order chi connectivity index (χ0) is 18.2. The number of phenolic OH excluding ortho intramolecular Hbond substituents is 2. The van der Waals surface area contributed by atoms with Crippen molar-refractivity contribution in [2.75, 3.05) is 20.8 Å². The number of ether oxygens (including phenoxy) is 2. The van der Waals surface area contributed by atoms with Gasteiger partial charge in [-0.25, -0.2) is 0 Å². The number of methoxy groups -OCH3 is 2. The van der Waals surface area contributed by atoms with Gasteiger partial charge in [0.15, 0.2) is 23.0 Å². The third-order valence-corrected chi connectivity index (χ3v) is 3.59. The Morgan fingerprint density at radius 1 is 1.04 bits per heavy atom. The largest absolute Gasteiger partial charge is 0.504 e. The molecule has 3 N–H and O–H groups in total. The van der Waals surface area contributed by atoms with Gasteiger partial charge in [-0.3, -0.25) is 4.79 Å². The quantitative estimate of drug-likeness (QED) is 0.672. The Kier molecular flexibility index (Phi) is 6.28. The standard InChI is InChI=1S/C19H21NO5/c1-24-17-6-3-13(11-15(17)21)5-8-19(23)20-10-9-14-4-7-18(25-2)16(22)12-14/h3-8,11-12,21-22H,9-10H2,1-2H3,(H,20,23). The van der Waals surface area contributed by atoms with E-state index in [9.17, 15) is 15.0 Å². The van der Waals surface area contributed by atoms with Crippen LogP contribution in [0.5, 0.6) is 23.0 Å². The highest BCUT2D eigenvalue weighted by atomic mass is 16.5. The molecular formula is C19H21NO5. The SMILES string of the molecule is COc1ccc(C=CC(=O)NCCc2ccc(OC)c(O)c2)cc1O. The number of aromatic hydroxyl groups is 2. The first-order valence-electron chi connectivity index (χ1n) is 7.72. The Morgan fingerprint density at radius 3 is 2.28 bits per heavy atom. The summed E-state index contributed by atoms with van der Waals surface area (Å²) in [6.07, 6.45) is 3.58. The van der Waals surface area contributed by atoms with Gasteiger partial charge in [0.1, 0.15) is 0 Å². The van der Waals surface area contributed by atoms with Crippen LogP contribution in [0.15, 0.2) is 42.5 Å². The predicted molar refractivity (Wildman–Crippen MR) is 95.1 cm³/mol. The first kappa shape index (κ1) is 18.2. The molecule has 0 radical (unpaired) electrons. The minimum atomic E-state index is -0.243. The molecule has 0 aliphatic rings. The molecule has 2 rings (SSSR count). The van der Waals surface area contributed by atoms with Gasteiger partial charge in [-0.05, 0) is 47.9 Å². The fraction of sp³-hybridized carbons (Fsp3) is 0.211. The van der Waals surface area contributed by atoms with Crippen LogP contribution in [0, 0.1) is 0 Å². The molecule has 2 aromatic rings. The van der Waals surface area contributed by atoms with E-state index in [0.29, 0.717) is 30.0 Å². The van der Waals surface area contributed by atoms with Crippen LogP contribution in [0.2, 0.25) is 0 Å². The van der Waals surface area contributed by atoms with Gasteiger partial charge in [-0.2, -0.15) is 0 Å². The number of carbonyl (C=O) groups is 1. The summed E-state index contributed by atoms with van der Waals surface area (Å²) in [6.45, 7) is 0.433. The summed E-state index contributed by atoms with van der Waals surface area (Å²) >= 11 is 0. The number of carbonyl (C=O) groups excluding carboxylic acids is 1. The van der Waals surface area contributed by atoms with E-state index in [-0.39, 0.29) is 17.4 Å². The van der Waals surface area contributed by atoms with Crippen LogP contribution in [0.3, 0.4) is 0 Å². The molecule has 2 aromatic carbocycles. The van der Waals surface area contributed by atoms with Crippen molar-refractivity contribution in [3.8, 4) is 23.0 Å². The fourth-order valence-corrected chi connectivity index (χ4v) is 2.26. The van der Waals surface area contributed by atoms with Crippen molar-refractivity contribution in [3.05, 3.63) is 53.6 Å². The molecule has 0 atom stereocenters. The molecule has 0 aromatic heterocycles. The molecule has 6 nitrogen and oxygen atoms in total. The molecule has 0 unspecified atom stereocenters. The molecule has 25 heavy (non-hydrogen) atoms. The summed E-state index contributed by atoms with van der Waals surface area (Å²) in [5.74, 6) is 0.644. The Balaban J connectivity index is 1.84. The summed E-state index contributed by atoms with van der Waals surface area (Å²) < 4.78 is 9.95. The van der Waals surface area contributed by atoms with E-state index < -0.39 is 0 Å².